The van der Waals surface area contributed by atoms with Crippen LogP contribution in [0.3, 0.4) is 0 Å². The van der Waals surface area contributed by atoms with Crippen molar-refractivity contribution in [3.8, 4) is 5.69 Å². The maximum Gasteiger partial charge on any atom is 0.264 e. The van der Waals surface area contributed by atoms with Gasteiger partial charge >= 0.3 is 0 Å². The first-order valence-electron chi connectivity index (χ1n) is 11.7. The predicted molar refractivity (Wildman–Crippen MR) is 136 cm³/mol. The molecule has 0 spiro atoms. The molecule has 34 heavy (non-hydrogen) atoms. The predicted octanol–water partition coefficient (Wildman–Crippen LogP) is 4.21. The van der Waals surface area contributed by atoms with Crippen LogP contribution >= 0.6 is 23.4 Å². The fourth-order valence-electron chi connectivity index (χ4n) is 4.22. The smallest absolute Gasteiger partial charge is 0.264 e. The molecule has 1 saturated carbocycles. The number of hydrogen-bond acceptors (Lipinski definition) is 5. The van der Waals surface area contributed by atoms with Crippen LogP contribution in [0.25, 0.3) is 5.69 Å². The van der Waals surface area contributed by atoms with E-state index in [2.05, 4.69) is 5.32 Å². The van der Waals surface area contributed by atoms with Crippen LogP contribution in [0.15, 0.2) is 64.5 Å². The third-order valence-electron chi connectivity index (χ3n) is 6.41. The molecule has 176 valence electrons. The molecule has 8 heteroatoms. The molecular weight excluding hydrogens is 468 g/mol. The largest absolute Gasteiger partial charge is 0.337 e. The van der Waals surface area contributed by atoms with Gasteiger partial charge in [-0.2, -0.15) is 0 Å². The highest BCUT2D eigenvalue weighted by molar-refractivity contribution is 7.99. The van der Waals surface area contributed by atoms with Gasteiger partial charge in [-0.25, -0.2) is 4.98 Å². The van der Waals surface area contributed by atoms with Gasteiger partial charge in [-0.1, -0.05) is 60.1 Å². The summed E-state index contributed by atoms with van der Waals surface area (Å²) in [5.41, 5.74) is 3.27. The van der Waals surface area contributed by atoms with E-state index >= 15 is 0 Å². The monoisotopic (exact) mass is 494 g/mol. The number of halogens is 1. The molecule has 1 aliphatic carbocycles. The second-order valence-corrected chi connectivity index (χ2v) is 10.5. The molecule has 2 heterocycles. The number of nitrogens with one attached hydrogen (secondary N) is 1. The highest BCUT2D eigenvalue weighted by atomic mass is 35.5. The molecule has 1 aliphatic heterocycles. The highest BCUT2D eigenvalue weighted by Crippen LogP contribution is 2.36. The lowest BCUT2D eigenvalue weighted by molar-refractivity contribution is -0.131. The summed E-state index contributed by atoms with van der Waals surface area (Å²) in [6.45, 7) is 1.67. The molecule has 0 radical (unpaired) electrons. The van der Waals surface area contributed by atoms with E-state index in [1.54, 1.807) is 21.2 Å². The van der Waals surface area contributed by atoms with Gasteiger partial charge in [0.05, 0.1) is 30.0 Å². The highest BCUT2D eigenvalue weighted by Gasteiger charge is 2.28. The summed E-state index contributed by atoms with van der Waals surface area (Å²) in [5, 5.41) is 5.18. The van der Waals surface area contributed by atoms with Crippen molar-refractivity contribution in [2.45, 2.75) is 49.2 Å². The number of carbonyl (C=O) groups excluding carboxylic acids is 1. The minimum atomic E-state index is -0.0651. The number of aromatic nitrogens is 2. The second kappa shape index (κ2) is 10.3. The Morgan fingerprint density at radius 1 is 1.12 bits per heavy atom. The number of rotatable bonds is 7. The Bertz CT molecular complexity index is 1230. The topological polar surface area (TPSA) is 67.2 Å². The molecule has 2 aliphatic rings. The third-order valence-corrected chi connectivity index (χ3v) is 7.95. The molecule has 1 amide bonds. The third kappa shape index (κ3) is 5.06. The van der Waals surface area contributed by atoms with E-state index in [-0.39, 0.29) is 18.0 Å². The zero-order valence-corrected chi connectivity index (χ0v) is 20.4. The second-order valence-electron chi connectivity index (χ2n) is 8.76. The minimum absolute atomic E-state index is 0.0156. The quantitative estimate of drug-likeness (QED) is 0.498. The van der Waals surface area contributed by atoms with E-state index in [4.69, 9.17) is 16.6 Å². The van der Waals surface area contributed by atoms with Gasteiger partial charge in [-0.3, -0.25) is 14.2 Å². The number of thioether (sulfide) groups is 1. The number of hydrogen-bond donors (Lipinski definition) is 1. The average molecular weight is 495 g/mol. The summed E-state index contributed by atoms with van der Waals surface area (Å²) in [6.07, 6.45) is 4.16. The van der Waals surface area contributed by atoms with E-state index in [0.717, 1.165) is 34.9 Å². The fourth-order valence-corrected chi connectivity index (χ4v) is 5.67. The van der Waals surface area contributed by atoms with Crippen molar-refractivity contribution in [1.82, 2.24) is 19.8 Å². The van der Waals surface area contributed by atoms with Crippen LogP contribution in [0.4, 0.5) is 0 Å². The Morgan fingerprint density at radius 3 is 2.59 bits per heavy atom. The van der Waals surface area contributed by atoms with Crippen molar-refractivity contribution in [3.05, 3.63) is 86.8 Å². The number of benzene rings is 2. The van der Waals surface area contributed by atoms with Gasteiger partial charge in [0, 0.05) is 29.8 Å². The number of para-hydroxylation sites is 1. The molecule has 1 fully saturated rings. The lowest BCUT2D eigenvalue weighted by Gasteiger charge is -2.30. The average Bonchev–Trinajstić information content (AvgIpc) is 2.83. The first-order chi connectivity index (χ1) is 16.6. The fraction of sp³-hybridized carbons (Fsp3) is 0.346. The first kappa shape index (κ1) is 23.1. The summed E-state index contributed by atoms with van der Waals surface area (Å²) < 4.78 is 1.73. The molecular formula is C26H27ClN4O2S. The van der Waals surface area contributed by atoms with Crippen LogP contribution in [0, 0.1) is 0 Å². The van der Waals surface area contributed by atoms with Crippen molar-refractivity contribution in [1.29, 1.82) is 0 Å². The molecule has 2 aromatic carbocycles. The Labute approximate surface area is 208 Å². The van der Waals surface area contributed by atoms with Gasteiger partial charge in [0.25, 0.3) is 5.56 Å². The molecule has 1 N–H and O–H groups in total. The van der Waals surface area contributed by atoms with Crippen molar-refractivity contribution in [2.75, 3.05) is 13.1 Å². The lowest BCUT2D eigenvalue weighted by atomic mass is 10.0. The zero-order valence-electron chi connectivity index (χ0n) is 18.9. The van der Waals surface area contributed by atoms with E-state index in [9.17, 15) is 9.59 Å². The van der Waals surface area contributed by atoms with Gasteiger partial charge < -0.3 is 10.2 Å². The van der Waals surface area contributed by atoms with Crippen LogP contribution < -0.4 is 10.9 Å². The van der Waals surface area contributed by atoms with E-state index in [1.807, 2.05) is 54.6 Å². The summed E-state index contributed by atoms with van der Waals surface area (Å²) in [4.78, 5) is 33.2. The van der Waals surface area contributed by atoms with E-state index in [1.165, 1.54) is 6.42 Å². The molecule has 3 aromatic rings. The SMILES string of the molecule is O=C(CNCc1ccc(Cl)cc1)N1CCc2nc(SC3CCC3)n(-c3ccccc3)c(=O)c2C1. The number of fused-ring (bicyclic) bond motifs is 1. The van der Waals surface area contributed by atoms with Crippen LogP contribution in [0.5, 0.6) is 0 Å². The number of carbonyl (C=O) groups is 1. The van der Waals surface area contributed by atoms with Crippen molar-refractivity contribution in [2.24, 2.45) is 0 Å². The Balaban J connectivity index is 1.33. The van der Waals surface area contributed by atoms with Gasteiger partial charge in [-0.05, 0) is 42.7 Å². The maximum atomic E-state index is 13.7. The van der Waals surface area contributed by atoms with Crippen molar-refractivity contribution < 1.29 is 4.79 Å². The summed E-state index contributed by atoms with van der Waals surface area (Å²) >= 11 is 7.64. The molecule has 0 unspecified atom stereocenters. The summed E-state index contributed by atoms with van der Waals surface area (Å²) in [6, 6.07) is 17.2. The van der Waals surface area contributed by atoms with Crippen LogP contribution in [-0.4, -0.2) is 38.7 Å². The normalized spacial score (nSPS) is 15.6. The Hall–Kier alpha value is -2.61. The molecule has 0 atom stereocenters. The standard InChI is InChI=1S/C26H27ClN4O2S/c27-19-11-9-18(10-12-19)15-28-16-24(32)30-14-13-23-22(17-30)25(33)31(20-5-2-1-3-6-20)26(29-23)34-21-7-4-8-21/h1-3,5-6,9-12,21,28H,4,7-8,13-17H2. The Kier molecular flexibility index (Phi) is 7.04. The first-order valence-corrected chi connectivity index (χ1v) is 12.9. The molecule has 5 rings (SSSR count). The van der Waals surface area contributed by atoms with Crippen LogP contribution in [0.1, 0.15) is 36.1 Å². The number of amides is 1. The van der Waals surface area contributed by atoms with Gasteiger partial charge in [0.1, 0.15) is 0 Å². The molecule has 6 nitrogen and oxygen atoms in total. The molecule has 0 saturated heterocycles. The van der Waals surface area contributed by atoms with Crippen molar-refractivity contribution in [3.63, 3.8) is 0 Å². The maximum absolute atomic E-state index is 13.7. The van der Waals surface area contributed by atoms with Crippen LogP contribution in [0.2, 0.25) is 5.02 Å². The molecule has 1 aromatic heterocycles. The van der Waals surface area contributed by atoms with E-state index in [0.29, 0.717) is 41.9 Å². The Morgan fingerprint density at radius 2 is 1.88 bits per heavy atom. The van der Waals surface area contributed by atoms with Gasteiger partial charge in [0.15, 0.2) is 5.16 Å². The number of nitrogens with zero attached hydrogens (tertiary/aromatic N) is 3. The van der Waals surface area contributed by atoms with Crippen LogP contribution in [-0.2, 0) is 24.3 Å². The van der Waals surface area contributed by atoms with Gasteiger partial charge in [0.2, 0.25) is 5.91 Å². The lowest BCUT2D eigenvalue weighted by Crippen LogP contribution is -2.44. The zero-order chi connectivity index (χ0) is 23.5. The summed E-state index contributed by atoms with van der Waals surface area (Å²) in [5.74, 6) is -0.0156. The molecule has 0 bridgehead atoms. The van der Waals surface area contributed by atoms with Gasteiger partial charge in [-0.15, -0.1) is 0 Å². The minimum Gasteiger partial charge on any atom is -0.337 e. The summed E-state index contributed by atoms with van der Waals surface area (Å²) in [7, 11) is 0. The van der Waals surface area contributed by atoms with Crippen molar-refractivity contribution >= 4 is 29.3 Å². The van der Waals surface area contributed by atoms with E-state index < -0.39 is 0 Å².